The zero-order chi connectivity index (χ0) is 13.3. The Labute approximate surface area is 111 Å². The molecule has 2 saturated heterocycles. The number of rotatable bonds is 1. The number of amides is 1. The van der Waals surface area contributed by atoms with E-state index in [1.807, 2.05) is 0 Å². The van der Waals surface area contributed by atoms with Crippen LogP contribution >= 0.6 is 0 Å². The van der Waals surface area contributed by atoms with E-state index in [2.05, 4.69) is 0 Å². The van der Waals surface area contributed by atoms with Crippen LogP contribution in [0.4, 0.5) is 10.5 Å². The van der Waals surface area contributed by atoms with E-state index in [9.17, 15) is 9.90 Å². The zero-order valence-corrected chi connectivity index (χ0v) is 10.7. The number of hydrogen-bond donors (Lipinski definition) is 1. The summed E-state index contributed by atoms with van der Waals surface area (Å²) < 4.78 is 11.0. The lowest BCUT2D eigenvalue weighted by Crippen LogP contribution is -2.52. The molecule has 0 aliphatic carbocycles. The summed E-state index contributed by atoms with van der Waals surface area (Å²) in [6.07, 6.45) is 2.01. The van der Waals surface area contributed by atoms with Gasteiger partial charge in [0, 0.05) is 31.9 Å². The molecule has 102 valence electrons. The molecule has 2 fully saturated rings. The van der Waals surface area contributed by atoms with Crippen molar-refractivity contribution in [1.82, 2.24) is 0 Å². The Hall–Kier alpha value is -1.75. The lowest BCUT2D eigenvalue weighted by atomic mass is 9.89. The van der Waals surface area contributed by atoms with Gasteiger partial charge >= 0.3 is 6.09 Å². The predicted octanol–water partition coefficient (Wildman–Crippen LogP) is 2.29. The first-order chi connectivity index (χ1) is 9.19. The van der Waals surface area contributed by atoms with E-state index in [1.165, 1.54) is 0 Å². The minimum Gasteiger partial charge on any atom is -0.508 e. The van der Waals surface area contributed by atoms with Crippen LogP contribution in [0.3, 0.4) is 0 Å². The lowest BCUT2D eigenvalue weighted by molar-refractivity contribution is -0.0805. The second kappa shape index (κ2) is 4.74. The molecule has 19 heavy (non-hydrogen) atoms. The van der Waals surface area contributed by atoms with Crippen LogP contribution in [-0.2, 0) is 9.47 Å². The van der Waals surface area contributed by atoms with Crippen LogP contribution in [-0.4, -0.2) is 36.6 Å². The summed E-state index contributed by atoms with van der Waals surface area (Å²) in [5.41, 5.74) is 0.328. The summed E-state index contributed by atoms with van der Waals surface area (Å²) in [7, 11) is 0. The molecule has 1 aromatic carbocycles. The quantitative estimate of drug-likeness (QED) is 0.844. The van der Waals surface area contributed by atoms with Gasteiger partial charge in [0.1, 0.15) is 11.4 Å². The van der Waals surface area contributed by atoms with Gasteiger partial charge in [-0.05, 0) is 12.1 Å². The Balaban J connectivity index is 1.76. The fourth-order valence-electron chi connectivity index (χ4n) is 2.69. The van der Waals surface area contributed by atoms with E-state index < -0.39 is 0 Å². The van der Waals surface area contributed by atoms with Gasteiger partial charge in [0.2, 0.25) is 0 Å². The van der Waals surface area contributed by atoms with Gasteiger partial charge < -0.3 is 14.6 Å². The SMILES string of the molecule is O=C1OC2(CCOCC2)CCN1c1cccc(O)c1. The van der Waals surface area contributed by atoms with Crippen LogP contribution in [0.1, 0.15) is 19.3 Å². The molecule has 0 aromatic heterocycles. The second-order valence-electron chi connectivity index (χ2n) is 5.08. The van der Waals surface area contributed by atoms with E-state index in [-0.39, 0.29) is 17.4 Å². The van der Waals surface area contributed by atoms with Gasteiger partial charge in [0.15, 0.2) is 0 Å². The number of benzene rings is 1. The molecule has 2 aliphatic rings. The van der Waals surface area contributed by atoms with Crippen molar-refractivity contribution in [1.29, 1.82) is 0 Å². The Morgan fingerprint density at radius 1 is 1.21 bits per heavy atom. The molecule has 2 heterocycles. The number of ether oxygens (including phenoxy) is 2. The average Bonchev–Trinajstić information content (AvgIpc) is 2.39. The highest BCUT2D eigenvalue weighted by Crippen LogP contribution is 2.35. The van der Waals surface area contributed by atoms with Crippen molar-refractivity contribution in [2.75, 3.05) is 24.7 Å². The minimum atomic E-state index is -0.345. The number of carbonyl (C=O) groups is 1. The fraction of sp³-hybridized carbons (Fsp3) is 0.500. The minimum absolute atomic E-state index is 0.150. The van der Waals surface area contributed by atoms with Crippen molar-refractivity contribution < 1.29 is 19.4 Å². The molecule has 0 unspecified atom stereocenters. The molecule has 1 N–H and O–H groups in total. The maximum Gasteiger partial charge on any atom is 0.414 e. The van der Waals surface area contributed by atoms with Gasteiger partial charge in [-0.1, -0.05) is 6.07 Å². The summed E-state index contributed by atoms with van der Waals surface area (Å²) in [5, 5.41) is 9.48. The molecule has 0 bridgehead atoms. The molecule has 1 aromatic rings. The van der Waals surface area contributed by atoms with Crippen molar-refractivity contribution in [3.8, 4) is 5.75 Å². The highest BCUT2D eigenvalue weighted by molar-refractivity contribution is 5.88. The van der Waals surface area contributed by atoms with Crippen LogP contribution in [0, 0.1) is 0 Å². The van der Waals surface area contributed by atoms with Crippen molar-refractivity contribution >= 4 is 11.8 Å². The van der Waals surface area contributed by atoms with Crippen LogP contribution in [0.25, 0.3) is 0 Å². The zero-order valence-electron chi connectivity index (χ0n) is 10.7. The Morgan fingerprint density at radius 3 is 2.68 bits per heavy atom. The van der Waals surface area contributed by atoms with Crippen molar-refractivity contribution in [3.05, 3.63) is 24.3 Å². The van der Waals surface area contributed by atoms with E-state index in [0.717, 1.165) is 19.3 Å². The van der Waals surface area contributed by atoms with Crippen molar-refractivity contribution in [2.45, 2.75) is 24.9 Å². The molecule has 0 radical (unpaired) electrons. The van der Waals surface area contributed by atoms with Crippen LogP contribution in [0.5, 0.6) is 5.75 Å². The predicted molar refractivity (Wildman–Crippen MR) is 69.3 cm³/mol. The third kappa shape index (κ3) is 2.38. The molecule has 5 nitrogen and oxygen atoms in total. The first kappa shape index (κ1) is 12.3. The second-order valence-corrected chi connectivity index (χ2v) is 5.08. The standard InChI is InChI=1S/C14H17NO4/c16-12-3-1-2-11(10-12)15-7-4-14(19-13(15)17)5-8-18-9-6-14/h1-3,10,16H,4-9H2. The topological polar surface area (TPSA) is 59.0 Å². The highest BCUT2D eigenvalue weighted by Gasteiger charge is 2.42. The number of phenols is 1. The van der Waals surface area contributed by atoms with E-state index in [0.29, 0.717) is 25.4 Å². The number of anilines is 1. The number of nitrogens with zero attached hydrogens (tertiary/aromatic N) is 1. The van der Waals surface area contributed by atoms with E-state index in [4.69, 9.17) is 9.47 Å². The summed E-state index contributed by atoms with van der Waals surface area (Å²) >= 11 is 0. The first-order valence-corrected chi connectivity index (χ1v) is 6.56. The molecule has 2 aliphatic heterocycles. The Kier molecular flexibility index (Phi) is 3.06. The molecule has 5 heteroatoms. The summed E-state index contributed by atoms with van der Waals surface area (Å²) in [5.74, 6) is 0.150. The van der Waals surface area contributed by atoms with Gasteiger partial charge in [-0.3, -0.25) is 4.90 Å². The number of aromatic hydroxyl groups is 1. The average molecular weight is 263 g/mol. The van der Waals surface area contributed by atoms with E-state index in [1.54, 1.807) is 29.2 Å². The Bertz CT molecular complexity index is 482. The molecule has 1 amide bonds. The van der Waals surface area contributed by atoms with Crippen molar-refractivity contribution in [3.63, 3.8) is 0 Å². The largest absolute Gasteiger partial charge is 0.508 e. The normalized spacial score (nSPS) is 22.3. The third-order valence-electron chi connectivity index (χ3n) is 3.86. The third-order valence-corrected chi connectivity index (χ3v) is 3.86. The van der Waals surface area contributed by atoms with Gasteiger partial charge in [0.25, 0.3) is 0 Å². The fourth-order valence-corrected chi connectivity index (χ4v) is 2.69. The monoisotopic (exact) mass is 263 g/mol. The lowest BCUT2D eigenvalue weighted by Gasteiger charge is -2.43. The van der Waals surface area contributed by atoms with Gasteiger partial charge in [0.05, 0.1) is 18.9 Å². The highest BCUT2D eigenvalue weighted by atomic mass is 16.6. The molecule has 3 rings (SSSR count). The molecular formula is C14H17NO4. The van der Waals surface area contributed by atoms with Crippen LogP contribution in [0.2, 0.25) is 0 Å². The van der Waals surface area contributed by atoms with Gasteiger partial charge in [-0.2, -0.15) is 0 Å². The van der Waals surface area contributed by atoms with Crippen molar-refractivity contribution in [2.24, 2.45) is 0 Å². The van der Waals surface area contributed by atoms with Crippen LogP contribution < -0.4 is 4.90 Å². The van der Waals surface area contributed by atoms with Crippen LogP contribution in [0.15, 0.2) is 24.3 Å². The van der Waals surface area contributed by atoms with Gasteiger partial charge in [-0.15, -0.1) is 0 Å². The first-order valence-electron chi connectivity index (χ1n) is 6.56. The summed E-state index contributed by atoms with van der Waals surface area (Å²) in [6, 6.07) is 6.67. The summed E-state index contributed by atoms with van der Waals surface area (Å²) in [6.45, 7) is 1.92. The molecule has 1 spiro atoms. The maximum atomic E-state index is 12.2. The van der Waals surface area contributed by atoms with Gasteiger partial charge in [-0.25, -0.2) is 4.79 Å². The number of hydrogen-bond acceptors (Lipinski definition) is 4. The number of phenolic OH excluding ortho intramolecular Hbond substituents is 1. The molecular weight excluding hydrogens is 246 g/mol. The number of carbonyl (C=O) groups excluding carboxylic acids is 1. The smallest absolute Gasteiger partial charge is 0.414 e. The Morgan fingerprint density at radius 2 is 2.00 bits per heavy atom. The molecule has 0 saturated carbocycles. The maximum absolute atomic E-state index is 12.2. The summed E-state index contributed by atoms with van der Waals surface area (Å²) in [4.78, 5) is 13.7. The van der Waals surface area contributed by atoms with E-state index >= 15 is 0 Å². The molecule has 0 atom stereocenters.